The summed E-state index contributed by atoms with van der Waals surface area (Å²) in [6.45, 7) is 0. The van der Waals surface area contributed by atoms with Gasteiger partial charge in [-0.3, -0.25) is 4.79 Å². The molecule has 122 valence electrons. The third-order valence-electron chi connectivity index (χ3n) is 4.01. The molecule has 0 radical (unpaired) electrons. The van der Waals surface area contributed by atoms with Crippen molar-refractivity contribution >= 4 is 11.6 Å². The summed E-state index contributed by atoms with van der Waals surface area (Å²) in [4.78, 5) is 12.3. The van der Waals surface area contributed by atoms with Crippen LogP contribution in [0.25, 0.3) is 11.1 Å². The van der Waals surface area contributed by atoms with Crippen molar-refractivity contribution in [2.75, 3.05) is 5.32 Å². The van der Waals surface area contributed by atoms with Crippen molar-refractivity contribution in [3.05, 3.63) is 90.0 Å². The molecule has 0 heterocycles. The molecule has 3 aromatic carbocycles. The lowest BCUT2D eigenvalue weighted by Gasteiger charge is -2.11. The highest BCUT2D eigenvalue weighted by Gasteiger charge is 2.08. The van der Waals surface area contributed by atoms with E-state index in [1.807, 2.05) is 66.7 Å². The highest BCUT2D eigenvalue weighted by atomic mass is 16.1. The molecule has 3 heteroatoms. The smallest absolute Gasteiger partial charge is 0.224 e. The van der Waals surface area contributed by atoms with Crippen LogP contribution < -0.4 is 5.32 Å². The molecule has 0 aliphatic heterocycles. The number of hydrogen-bond acceptors (Lipinski definition) is 2. The summed E-state index contributed by atoms with van der Waals surface area (Å²) in [7, 11) is 0. The van der Waals surface area contributed by atoms with Crippen LogP contribution in [-0.2, 0) is 11.2 Å². The van der Waals surface area contributed by atoms with Crippen LogP contribution in [0.4, 0.5) is 5.69 Å². The number of nitrogens with one attached hydrogen (secondary N) is 1. The van der Waals surface area contributed by atoms with Crippen LogP contribution in [0.15, 0.2) is 78.9 Å². The fourth-order valence-electron chi connectivity index (χ4n) is 2.68. The number of carbonyl (C=O) groups is 1. The van der Waals surface area contributed by atoms with Gasteiger partial charge in [0.25, 0.3) is 0 Å². The molecule has 0 aliphatic rings. The van der Waals surface area contributed by atoms with Crippen LogP contribution in [-0.4, -0.2) is 5.91 Å². The number of hydrogen-bond donors (Lipinski definition) is 1. The number of anilines is 1. The zero-order valence-corrected chi connectivity index (χ0v) is 13.8. The minimum absolute atomic E-state index is 0.0206. The molecule has 0 saturated carbocycles. The SMILES string of the molecule is N#Cc1ccc(CCC(=O)Nc2ccccc2-c2ccccc2)cc1. The molecule has 0 unspecified atom stereocenters. The first kappa shape index (κ1) is 16.5. The third kappa shape index (κ3) is 4.33. The van der Waals surface area contributed by atoms with Crippen molar-refractivity contribution in [1.29, 1.82) is 5.26 Å². The molecule has 25 heavy (non-hydrogen) atoms. The van der Waals surface area contributed by atoms with Gasteiger partial charge in [0, 0.05) is 17.7 Å². The van der Waals surface area contributed by atoms with Crippen LogP contribution in [0.1, 0.15) is 17.5 Å². The zero-order chi connectivity index (χ0) is 17.5. The van der Waals surface area contributed by atoms with Gasteiger partial charge in [0.2, 0.25) is 5.91 Å². The Bertz CT molecular complexity index is 893. The lowest BCUT2D eigenvalue weighted by molar-refractivity contribution is -0.116. The number of nitriles is 1. The van der Waals surface area contributed by atoms with Crippen molar-refractivity contribution in [2.45, 2.75) is 12.8 Å². The van der Waals surface area contributed by atoms with Crippen molar-refractivity contribution in [3.8, 4) is 17.2 Å². The highest BCUT2D eigenvalue weighted by molar-refractivity contribution is 5.95. The van der Waals surface area contributed by atoms with Gasteiger partial charge in [0.1, 0.15) is 0 Å². The molecule has 0 fully saturated rings. The molecule has 0 bridgehead atoms. The lowest BCUT2D eigenvalue weighted by Crippen LogP contribution is -2.13. The first-order chi connectivity index (χ1) is 12.3. The number of nitrogens with zero attached hydrogens (tertiary/aromatic N) is 1. The predicted molar refractivity (Wildman–Crippen MR) is 100.0 cm³/mol. The number of para-hydroxylation sites is 1. The van der Waals surface area contributed by atoms with E-state index in [9.17, 15) is 4.79 Å². The van der Waals surface area contributed by atoms with Gasteiger partial charge in [0.15, 0.2) is 0 Å². The Balaban J connectivity index is 1.66. The monoisotopic (exact) mass is 326 g/mol. The molecule has 0 saturated heterocycles. The second-order valence-electron chi connectivity index (χ2n) is 5.77. The average Bonchev–Trinajstić information content (AvgIpc) is 2.68. The third-order valence-corrected chi connectivity index (χ3v) is 4.01. The average molecular weight is 326 g/mol. The number of benzene rings is 3. The molecule has 0 atom stereocenters. The Morgan fingerprint density at radius 3 is 2.28 bits per heavy atom. The first-order valence-electron chi connectivity index (χ1n) is 8.19. The Kier molecular flexibility index (Phi) is 5.23. The molecular weight excluding hydrogens is 308 g/mol. The van der Waals surface area contributed by atoms with Gasteiger partial charge in [-0.15, -0.1) is 0 Å². The Hall–Kier alpha value is -3.38. The first-order valence-corrected chi connectivity index (χ1v) is 8.19. The summed E-state index contributed by atoms with van der Waals surface area (Å²) >= 11 is 0. The van der Waals surface area contributed by atoms with Crippen molar-refractivity contribution in [1.82, 2.24) is 0 Å². The van der Waals surface area contributed by atoms with Gasteiger partial charge in [-0.2, -0.15) is 5.26 Å². The molecule has 3 aromatic rings. The van der Waals surface area contributed by atoms with Gasteiger partial charge in [0.05, 0.1) is 11.6 Å². The van der Waals surface area contributed by atoms with Crippen LogP contribution in [0.2, 0.25) is 0 Å². The van der Waals surface area contributed by atoms with Crippen LogP contribution in [0, 0.1) is 11.3 Å². The normalized spacial score (nSPS) is 10.0. The van der Waals surface area contributed by atoms with E-state index in [1.54, 1.807) is 12.1 Å². The minimum Gasteiger partial charge on any atom is -0.326 e. The second-order valence-corrected chi connectivity index (χ2v) is 5.77. The molecule has 3 rings (SSSR count). The summed E-state index contributed by atoms with van der Waals surface area (Å²) in [5.41, 5.74) is 4.58. The van der Waals surface area contributed by atoms with E-state index in [2.05, 4.69) is 11.4 Å². The number of aryl methyl sites for hydroxylation is 1. The van der Waals surface area contributed by atoms with Gasteiger partial charge in [-0.05, 0) is 35.7 Å². The maximum Gasteiger partial charge on any atom is 0.224 e. The van der Waals surface area contributed by atoms with E-state index < -0.39 is 0 Å². The minimum atomic E-state index is -0.0206. The maximum atomic E-state index is 12.3. The molecule has 3 nitrogen and oxygen atoms in total. The van der Waals surface area contributed by atoms with Crippen molar-refractivity contribution < 1.29 is 4.79 Å². The quantitative estimate of drug-likeness (QED) is 0.732. The standard InChI is InChI=1S/C22H18N2O/c23-16-18-12-10-17(11-13-18)14-15-22(25)24-21-9-5-4-8-20(21)19-6-2-1-3-7-19/h1-13H,14-15H2,(H,24,25). The van der Waals surface area contributed by atoms with Crippen LogP contribution >= 0.6 is 0 Å². The van der Waals surface area contributed by atoms with Gasteiger partial charge >= 0.3 is 0 Å². The Labute approximate surface area is 147 Å². The van der Waals surface area contributed by atoms with E-state index in [4.69, 9.17) is 5.26 Å². The fraction of sp³-hybridized carbons (Fsp3) is 0.0909. The number of carbonyl (C=O) groups excluding carboxylic acids is 1. The second kappa shape index (κ2) is 7.94. The fourth-order valence-corrected chi connectivity index (χ4v) is 2.68. The summed E-state index contributed by atoms with van der Waals surface area (Å²) in [6.07, 6.45) is 1.04. The molecule has 1 N–H and O–H groups in total. The van der Waals surface area contributed by atoms with Gasteiger partial charge in [-0.25, -0.2) is 0 Å². The van der Waals surface area contributed by atoms with E-state index in [0.717, 1.165) is 22.4 Å². The maximum absolute atomic E-state index is 12.3. The molecular formula is C22H18N2O. The molecule has 1 amide bonds. The van der Waals surface area contributed by atoms with E-state index in [-0.39, 0.29) is 5.91 Å². The summed E-state index contributed by atoms with van der Waals surface area (Å²) in [5, 5.41) is 11.8. The number of rotatable bonds is 5. The lowest BCUT2D eigenvalue weighted by atomic mass is 10.0. The topological polar surface area (TPSA) is 52.9 Å². The van der Waals surface area contributed by atoms with Gasteiger partial charge < -0.3 is 5.32 Å². The highest BCUT2D eigenvalue weighted by Crippen LogP contribution is 2.27. The molecule has 0 spiro atoms. The molecule has 0 aromatic heterocycles. The summed E-state index contributed by atoms with van der Waals surface area (Å²) in [5.74, 6) is -0.0206. The molecule has 0 aliphatic carbocycles. The summed E-state index contributed by atoms with van der Waals surface area (Å²) < 4.78 is 0. The summed E-state index contributed by atoms with van der Waals surface area (Å²) in [6, 6.07) is 27.2. The largest absolute Gasteiger partial charge is 0.326 e. The van der Waals surface area contributed by atoms with E-state index in [1.165, 1.54) is 0 Å². The number of amides is 1. The van der Waals surface area contributed by atoms with E-state index >= 15 is 0 Å². The predicted octanol–water partition coefficient (Wildman–Crippen LogP) is 4.80. The van der Waals surface area contributed by atoms with Crippen LogP contribution in [0.5, 0.6) is 0 Å². The van der Waals surface area contributed by atoms with Gasteiger partial charge in [-0.1, -0.05) is 60.7 Å². The zero-order valence-electron chi connectivity index (χ0n) is 13.8. The Morgan fingerprint density at radius 2 is 1.56 bits per heavy atom. The van der Waals surface area contributed by atoms with Crippen molar-refractivity contribution in [3.63, 3.8) is 0 Å². The van der Waals surface area contributed by atoms with Crippen molar-refractivity contribution in [2.24, 2.45) is 0 Å². The Morgan fingerprint density at radius 1 is 0.880 bits per heavy atom. The van der Waals surface area contributed by atoms with E-state index in [0.29, 0.717) is 18.4 Å². The van der Waals surface area contributed by atoms with Crippen LogP contribution in [0.3, 0.4) is 0 Å².